The van der Waals surface area contributed by atoms with E-state index in [0.29, 0.717) is 47.5 Å². The van der Waals surface area contributed by atoms with Crippen LogP contribution in [-0.4, -0.2) is 95.0 Å². The first-order valence-corrected chi connectivity index (χ1v) is 24.3. The second kappa shape index (κ2) is 16.7. The molecule has 6 aromatic heterocycles. The van der Waals surface area contributed by atoms with Crippen LogP contribution in [-0.2, 0) is 37.8 Å². The number of hydrogen-bond acceptors (Lipinski definition) is 13. The number of carbonyl (C=O) groups excluding carboxylic acids is 2. The Morgan fingerprint density at radius 3 is 2.29 bits per heavy atom. The third-order valence-corrected chi connectivity index (χ3v) is 15.4. The molecule has 2 amide bonds. The predicted molar refractivity (Wildman–Crippen MR) is 262 cm³/mol. The summed E-state index contributed by atoms with van der Waals surface area (Å²) in [6.07, 6.45) is 17.6. The summed E-state index contributed by atoms with van der Waals surface area (Å²) in [5.74, 6) is 2.42. The van der Waals surface area contributed by atoms with E-state index >= 15 is 0 Å². The van der Waals surface area contributed by atoms with E-state index in [9.17, 15) is 14.7 Å². The third kappa shape index (κ3) is 7.24. The zero-order valence-corrected chi connectivity index (χ0v) is 38.4. The van der Waals surface area contributed by atoms with Gasteiger partial charge in [0.15, 0.2) is 0 Å². The van der Waals surface area contributed by atoms with Gasteiger partial charge in [-0.05, 0) is 92.5 Å². The van der Waals surface area contributed by atoms with Crippen LogP contribution in [0, 0.1) is 5.92 Å². The minimum atomic E-state index is -0.231. The molecule has 13 rings (SSSR count). The number of anilines is 6. The number of imidazole rings is 1. The largest absolute Gasteiger partial charge is 0.393 e. The zero-order valence-electron chi connectivity index (χ0n) is 38.4. The maximum absolute atomic E-state index is 13.4. The number of pyridine rings is 4. The van der Waals surface area contributed by atoms with Crippen molar-refractivity contribution in [1.82, 2.24) is 44.7 Å². The van der Waals surface area contributed by atoms with E-state index in [1.165, 1.54) is 0 Å². The molecule has 17 heteroatoms. The molecule has 2 unspecified atom stereocenters. The lowest BCUT2D eigenvalue weighted by molar-refractivity contribution is 0.00954. The summed E-state index contributed by atoms with van der Waals surface area (Å²) in [5.41, 5.74) is 11.1. The number of rotatable bonds is 9. The number of nitrogens with zero attached hydrogens (tertiary/aromatic N) is 9. The summed E-state index contributed by atoms with van der Waals surface area (Å²) in [6.45, 7) is 4.19. The van der Waals surface area contributed by atoms with Crippen molar-refractivity contribution in [3.63, 3.8) is 0 Å². The van der Waals surface area contributed by atoms with Gasteiger partial charge in [0.2, 0.25) is 0 Å². The van der Waals surface area contributed by atoms with Gasteiger partial charge in [-0.3, -0.25) is 14.6 Å². The number of benzene rings is 1. The molecule has 5 N–H and O–H groups in total. The normalized spacial score (nSPS) is 22.0. The number of hydrogen-bond donors (Lipinski definition) is 5. The average Bonchev–Trinajstić information content (AvgIpc) is 4.20. The van der Waals surface area contributed by atoms with Crippen molar-refractivity contribution in [3.05, 3.63) is 114 Å². The van der Waals surface area contributed by atoms with Gasteiger partial charge >= 0.3 is 0 Å². The number of amides is 2. The van der Waals surface area contributed by atoms with E-state index in [4.69, 9.17) is 24.7 Å². The lowest BCUT2D eigenvalue weighted by Gasteiger charge is -2.37. The number of aryl methyl sites for hydroxylation is 1. The first kappa shape index (κ1) is 41.8. The Bertz CT molecular complexity index is 3160. The van der Waals surface area contributed by atoms with E-state index in [-0.39, 0.29) is 36.2 Å². The zero-order chi connectivity index (χ0) is 46.3. The van der Waals surface area contributed by atoms with E-state index in [1.807, 2.05) is 72.8 Å². The van der Waals surface area contributed by atoms with Crippen LogP contribution in [0.2, 0.25) is 0 Å². The van der Waals surface area contributed by atoms with Crippen molar-refractivity contribution in [2.45, 2.75) is 88.9 Å². The second-order valence-corrected chi connectivity index (χ2v) is 19.4. The fourth-order valence-electron chi connectivity index (χ4n) is 11.9. The molecule has 2 bridgehead atoms. The lowest BCUT2D eigenvalue weighted by atomic mass is 9.87. The maximum atomic E-state index is 13.4. The highest BCUT2D eigenvalue weighted by Gasteiger charge is 2.47. The number of aromatic nitrogens is 7. The smallest absolute Gasteiger partial charge is 0.254 e. The first-order chi connectivity index (χ1) is 33.8. The van der Waals surface area contributed by atoms with Gasteiger partial charge in [-0.15, -0.1) is 0 Å². The third-order valence-electron chi connectivity index (χ3n) is 15.4. The number of nitrogens with one attached hydrogen (secondary N) is 4. The molecule has 0 aliphatic carbocycles. The Morgan fingerprint density at radius 2 is 1.49 bits per heavy atom. The summed E-state index contributed by atoms with van der Waals surface area (Å²) in [5, 5.41) is 23.9. The number of aliphatic hydroxyl groups excluding tert-OH is 1. The van der Waals surface area contributed by atoms with E-state index in [2.05, 4.69) is 52.8 Å². The molecule has 0 saturated carbocycles. The van der Waals surface area contributed by atoms with Crippen LogP contribution in [0.1, 0.15) is 76.2 Å². The molecule has 350 valence electrons. The van der Waals surface area contributed by atoms with E-state index in [0.717, 1.165) is 139 Å². The summed E-state index contributed by atoms with van der Waals surface area (Å²) < 4.78 is 11.3. The van der Waals surface area contributed by atoms with Crippen LogP contribution in [0.3, 0.4) is 0 Å². The van der Waals surface area contributed by atoms with Gasteiger partial charge in [0.1, 0.15) is 23.1 Å². The second-order valence-electron chi connectivity index (χ2n) is 19.4. The van der Waals surface area contributed by atoms with Gasteiger partial charge in [-0.25, -0.2) is 19.9 Å². The number of carbonyl (C=O) groups is 2. The summed E-state index contributed by atoms with van der Waals surface area (Å²) in [6, 6.07) is 16.4. The van der Waals surface area contributed by atoms with Crippen molar-refractivity contribution < 1.29 is 19.4 Å². The number of ether oxygens (including phenoxy) is 1. The van der Waals surface area contributed by atoms with E-state index in [1.54, 1.807) is 12.4 Å². The minimum absolute atomic E-state index is 0.0528. The Hall–Kier alpha value is -7.37. The Kier molecular flexibility index (Phi) is 10.1. The van der Waals surface area contributed by atoms with Crippen molar-refractivity contribution >= 4 is 57.2 Å². The van der Waals surface area contributed by atoms with E-state index < -0.39 is 0 Å². The molecule has 6 aliphatic heterocycles. The standard InChI is InChI=1S/C52H53N13O4/c1-62-17-14-36-35(10-15-53-50(36)62)48-38-26-59-52(68)47(38)40(27-57-48)61-44-9-5-31(24-55-44)64-20-13-33-22-41(64)49(69-33)29-3-2-16-65-42(28-56-45(65)21-29)34-6-7-39(46-37(34)25-58-51(46)67)60-43-8-4-30(23-54-43)63-18-11-32(66)12-19-63/h4-10,14-15,17,23-24,27-29,32-33,41,49,66H,2-3,11-13,16,18-22,25-26H2,1H3,(H,54,60)(H,55,61)(H,58,67)(H,59,68)/t29?,33-,41-,49?/m1/s1. The molecule has 6 aliphatic rings. The van der Waals surface area contributed by atoms with Crippen molar-refractivity contribution in [1.29, 1.82) is 0 Å². The molecular weight excluding hydrogens is 871 g/mol. The number of piperidine rings is 2. The van der Waals surface area contributed by atoms with Crippen molar-refractivity contribution in [2.24, 2.45) is 13.0 Å². The van der Waals surface area contributed by atoms with Crippen LogP contribution in [0.4, 0.5) is 34.4 Å². The first-order valence-electron chi connectivity index (χ1n) is 24.3. The minimum Gasteiger partial charge on any atom is -0.393 e. The van der Waals surface area contributed by atoms with Gasteiger partial charge in [0.25, 0.3) is 11.8 Å². The quantitative estimate of drug-likeness (QED) is 0.104. The van der Waals surface area contributed by atoms with Crippen LogP contribution >= 0.6 is 0 Å². The van der Waals surface area contributed by atoms with Crippen molar-refractivity contribution in [2.75, 3.05) is 40.1 Å². The maximum Gasteiger partial charge on any atom is 0.254 e. The highest BCUT2D eigenvalue weighted by Crippen LogP contribution is 2.43. The van der Waals surface area contributed by atoms with Crippen LogP contribution in [0.15, 0.2) is 85.7 Å². The Labute approximate surface area is 398 Å². The molecule has 12 heterocycles. The molecule has 0 spiro atoms. The van der Waals surface area contributed by atoms with Crippen LogP contribution < -0.4 is 31.1 Å². The summed E-state index contributed by atoms with van der Waals surface area (Å²) >= 11 is 0. The molecule has 3 fully saturated rings. The highest BCUT2D eigenvalue weighted by atomic mass is 16.5. The molecular formula is C52H53N13O4. The highest BCUT2D eigenvalue weighted by molar-refractivity contribution is 6.07. The molecule has 3 saturated heterocycles. The van der Waals surface area contributed by atoms with Gasteiger partial charge in [-0.2, -0.15) is 0 Å². The molecule has 17 nitrogen and oxygen atoms in total. The van der Waals surface area contributed by atoms with Crippen LogP contribution in [0.5, 0.6) is 0 Å². The number of aliphatic hydroxyl groups is 1. The van der Waals surface area contributed by atoms with Gasteiger partial charge < -0.3 is 50.0 Å². The van der Waals surface area contributed by atoms with Crippen LogP contribution in [0.25, 0.3) is 33.5 Å². The fourth-order valence-corrected chi connectivity index (χ4v) is 11.9. The van der Waals surface area contributed by atoms with Crippen molar-refractivity contribution in [3.8, 4) is 22.5 Å². The Morgan fingerprint density at radius 1 is 0.725 bits per heavy atom. The number of fused-ring (bicyclic) bond motifs is 6. The SMILES string of the molecule is Cn1ccc2c(-c3ncc(Nc4ccc(N5CC[C@@H]6C[C@@H]5C(C5CCCn7c(-c8ccc(Nc9ccc(N%10CCC(O)CC%10)cn9)c9c8CNC9=O)cnc7C5)O6)cn4)c4c3CNC4=O)ccnc21. The summed E-state index contributed by atoms with van der Waals surface area (Å²) in [4.78, 5) is 55.5. The van der Waals surface area contributed by atoms with Gasteiger partial charge in [-0.1, -0.05) is 6.07 Å². The topological polar surface area (TPSA) is 193 Å². The molecule has 7 aromatic rings. The van der Waals surface area contributed by atoms with Gasteiger partial charge in [0, 0.05) is 87.2 Å². The monoisotopic (exact) mass is 923 g/mol. The molecule has 0 radical (unpaired) electrons. The Balaban J connectivity index is 0.710. The summed E-state index contributed by atoms with van der Waals surface area (Å²) in [7, 11) is 1.97. The fraction of sp³-hybridized carbons (Fsp3) is 0.365. The molecule has 69 heavy (non-hydrogen) atoms. The van der Waals surface area contributed by atoms with Gasteiger partial charge in [0.05, 0.1) is 94.4 Å². The molecule has 1 aromatic carbocycles. The molecule has 4 atom stereocenters. The lowest BCUT2D eigenvalue weighted by Crippen LogP contribution is -2.46. The predicted octanol–water partition coefficient (Wildman–Crippen LogP) is 6.61. The average molecular weight is 924 g/mol.